The Hall–Kier alpha value is -3.25. The molecule has 1 aliphatic rings. The summed E-state index contributed by atoms with van der Waals surface area (Å²) in [4.78, 5) is 7.32. The van der Waals surface area contributed by atoms with Gasteiger partial charge in [-0.3, -0.25) is 10.1 Å². The number of hydrogen-bond donors (Lipinski definition) is 1. The molecule has 0 aliphatic carbocycles. The number of likely N-dealkylation sites (tertiary alicyclic amines) is 1. The molecule has 0 saturated carbocycles. The molecule has 1 N–H and O–H groups in total. The number of nitrogens with one attached hydrogen (secondary N) is 1. The molecular weight excluding hydrogens is 439 g/mol. The first-order chi connectivity index (χ1) is 16.9. The zero-order valence-electron chi connectivity index (χ0n) is 21.6. The van der Waals surface area contributed by atoms with Crippen LogP contribution in [0, 0.1) is 5.82 Å². The van der Waals surface area contributed by atoms with Crippen molar-refractivity contribution in [3.63, 3.8) is 0 Å². The highest BCUT2D eigenvalue weighted by atomic mass is 19.1. The van der Waals surface area contributed by atoms with Gasteiger partial charge in [0.15, 0.2) is 0 Å². The first-order valence-corrected chi connectivity index (χ1v) is 12.3. The molecule has 0 atom stereocenters. The molecule has 3 aromatic rings. The van der Waals surface area contributed by atoms with Gasteiger partial charge in [0.25, 0.3) is 0 Å². The predicted octanol–water partition coefficient (Wildman–Crippen LogP) is 7.05. The van der Waals surface area contributed by atoms with Crippen molar-refractivity contribution in [1.82, 2.24) is 20.1 Å². The normalized spacial score (nSPS) is 14.9. The summed E-state index contributed by atoms with van der Waals surface area (Å²) in [5.74, 6) is 0.615. The summed E-state index contributed by atoms with van der Waals surface area (Å²) < 4.78 is 20.0. The van der Waals surface area contributed by atoms with E-state index in [4.69, 9.17) is 9.72 Å². The maximum absolute atomic E-state index is 14.6. The lowest BCUT2D eigenvalue weighted by Gasteiger charge is -2.28. The summed E-state index contributed by atoms with van der Waals surface area (Å²) in [6.45, 7) is 12.2. The van der Waals surface area contributed by atoms with Crippen molar-refractivity contribution in [2.45, 2.75) is 46.0 Å². The summed E-state index contributed by atoms with van der Waals surface area (Å²) in [5, 5.41) is 7.57. The number of allylic oxidation sites excluding steroid dienone is 1. The fourth-order valence-corrected chi connectivity index (χ4v) is 4.32. The van der Waals surface area contributed by atoms with Crippen LogP contribution in [0.2, 0.25) is 0 Å². The van der Waals surface area contributed by atoms with Gasteiger partial charge >= 0.3 is 0 Å². The van der Waals surface area contributed by atoms with Gasteiger partial charge in [-0.25, -0.2) is 4.39 Å². The number of methoxy groups -OCH3 is 1. The van der Waals surface area contributed by atoms with E-state index >= 15 is 0 Å². The second-order valence-electron chi connectivity index (χ2n) is 8.98. The van der Waals surface area contributed by atoms with Crippen LogP contribution in [0.25, 0.3) is 29.1 Å². The molecule has 4 rings (SSSR count). The zero-order valence-corrected chi connectivity index (χ0v) is 21.6. The van der Waals surface area contributed by atoms with E-state index in [0.717, 1.165) is 59.8 Å². The Morgan fingerprint density at radius 3 is 2.54 bits per heavy atom. The lowest BCUT2D eigenvalue weighted by molar-refractivity contribution is 0.253. The van der Waals surface area contributed by atoms with Crippen molar-refractivity contribution in [2.24, 2.45) is 0 Å². The summed E-state index contributed by atoms with van der Waals surface area (Å²) >= 11 is 0. The molecule has 186 valence electrons. The van der Waals surface area contributed by atoms with Crippen molar-refractivity contribution < 1.29 is 9.13 Å². The van der Waals surface area contributed by atoms with Gasteiger partial charge in [-0.2, -0.15) is 5.10 Å². The summed E-state index contributed by atoms with van der Waals surface area (Å²) in [6.07, 6.45) is 7.09. The number of H-pyrrole nitrogens is 1. The van der Waals surface area contributed by atoms with Gasteiger partial charge in [0.2, 0.25) is 0 Å². The van der Waals surface area contributed by atoms with E-state index in [1.807, 2.05) is 25.1 Å². The van der Waals surface area contributed by atoms with E-state index in [0.29, 0.717) is 17.2 Å². The Labute approximate surface area is 208 Å². The van der Waals surface area contributed by atoms with E-state index in [-0.39, 0.29) is 5.82 Å². The molecule has 2 aromatic heterocycles. The Bertz CT molecular complexity index is 1160. The van der Waals surface area contributed by atoms with Crippen molar-refractivity contribution in [3.05, 3.63) is 71.3 Å². The predicted molar refractivity (Wildman–Crippen MR) is 144 cm³/mol. The number of aromatic nitrogens is 3. The topological polar surface area (TPSA) is 54.0 Å². The molecule has 0 bridgehead atoms. The standard InChI is InChI=1S/C26H29FN4O.C3H8/c1-5-21-19(16-17(2)25-20(27)8-6-11-24(25)32-4)26(30-29-21)23-10-7-9-22(28-23)18-12-14-31(3)15-13-18;1-3-2/h5-11,16,18H,1,12-15H2,2-4H3,(H,29,30);3H2,1-2H3/b17-16+;. The average Bonchev–Trinajstić information content (AvgIpc) is 3.27. The van der Waals surface area contributed by atoms with E-state index in [2.05, 4.69) is 48.6 Å². The molecule has 3 heterocycles. The van der Waals surface area contributed by atoms with Crippen LogP contribution in [-0.4, -0.2) is 47.3 Å². The van der Waals surface area contributed by atoms with Crippen LogP contribution < -0.4 is 4.74 Å². The Kier molecular flexibility index (Phi) is 9.38. The minimum absolute atomic E-state index is 0.328. The van der Waals surface area contributed by atoms with Gasteiger partial charge in [0, 0.05) is 17.2 Å². The molecule has 5 nitrogen and oxygen atoms in total. The van der Waals surface area contributed by atoms with Gasteiger partial charge in [-0.05, 0) is 81.9 Å². The Balaban J connectivity index is 0.00000108. The smallest absolute Gasteiger partial charge is 0.134 e. The number of piperidine rings is 1. The van der Waals surface area contributed by atoms with Gasteiger partial charge < -0.3 is 9.64 Å². The molecule has 0 radical (unpaired) electrons. The second kappa shape index (κ2) is 12.5. The van der Waals surface area contributed by atoms with Crippen LogP contribution in [0.1, 0.15) is 68.5 Å². The van der Waals surface area contributed by atoms with Crippen LogP contribution in [0.15, 0.2) is 43.0 Å². The van der Waals surface area contributed by atoms with Crippen LogP contribution in [0.5, 0.6) is 5.75 Å². The lowest BCUT2D eigenvalue weighted by Crippen LogP contribution is -2.29. The molecule has 0 spiro atoms. The van der Waals surface area contributed by atoms with Crippen LogP contribution in [0.4, 0.5) is 4.39 Å². The van der Waals surface area contributed by atoms with E-state index < -0.39 is 0 Å². The third-order valence-corrected chi connectivity index (χ3v) is 6.14. The molecule has 35 heavy (non-hydrogen) atoms. The molecule has 1 aromatic carbocycles. The van der Waals surface area contributed by atoms with Gasteiger partial charge in [-0.15, -0.1) is 0 Å². The molecular formula is C29H37FN4O. The van der Waals surface area contributed by atoms with Gasteiger partial charge in [0.05, 0.1) is 24.1 Å². The summed E-state index contributed by atoms with van der Waals surface area (Å²) in [7, 11) is 3.70. The quantitative estimate of drug-likeness (QED) is 0.414. The largest absolute Gasteiger partial charge is 0.496 e. The van der Waals surface area contributed by atoms with Crippen LogP contribution in [0.3, 0.4) is 0 Å². The number of benzene rings is 1. The average molecular weight is 477 g/mol. The number of nitrogens with zero attached hydrogens (tertiary/aromatic N) is 3. The number of hydrogen-bond acceptors (Lipinski definition) is 4. The minimum Gasteiger partial charge on any atom is -0.496 e. The molecule has 0 unspecified atom stereocenters. The highest BCUT2D eigenvalue weighted by molar-refractivity contribution is 5.89. The fourth-order valence-electron chi connectivity index (χ4n) is 4.32. The van der Waals surface area contributed by atoms with Gasteiger partial charge in [-0.1, -0.05) is 39.0 Å². The first kappa shape index (κ1) is 26.4. The third kappa shape index (κ3) is 6.25. The number of ether oxygens (including phenoxy) is 1. The number of aromatic amines is 1. The number of rotatable bonds is 6. The monoisotopic (exact) mass is 476 g/mol. The number of halogens is 1. The summed E-state index contributed by atoms with van der Waals surface area (Å²) in [6, 6.07) is 10.9. The highest BCUT2D eigenvalue weighted by Gasteiger charge is 2.21. The number of pyridine rings is 1. The third-order valence-electron chi connectivity index (χ3n) is 6.14. The Morgan fingerprint density at radius 1 is 1.20 bits per heavy atom. The molecule has 6 heteroatoms. The van der Waals surface area contributed by atoms with Crippen LogP contribution in [-0.2, 0) is 0 Å². The SMILES string of the molecule is C=Cc1[nH]nc(-c2cccc(C3CCN(C)CC3)n2)c1/C=C(\C)c1c(F)cccc1OC.CCC. The minimum atomic E-state index is -0.328. The molecule has 1 saturated heterocycles. The molecule has 1 fully saturated rings. The van der Waals surface area contributed by atoms with E-state index in [1.54, 1.807) is 25.3 Å². The molecule has 1 aliphatic heterocycles. The summed E-state index contributed by atoms with van der Waals surface area (Å²) in [5.41, 5.74) is 5.38. The Morgan fingerprint density at radius 2 is 1.89 bits per heavy atom. The zero-order chi connectivity index (χ0) is 25.4. The first-order valence-electron chi connectivity index (χ1n) is 12.3. The maximum Gasteiger partial charge on any atom is 0.134 e. The van der Waals surface area contributed by atoms with Crippen molar-refractivity contribution in [3.8, 4) is 17.1 Å². The van der Waals surface area contributed by atoms with E-state index in [1.165, 1.54) is 12.5 Å². The van der Waals surface area contributed by atoms with Crippen LogP contribution >= 0.6 is 0 Å². The highest BCUT2D eigenvalue weighted by Crippen LogP contribution is 2.34. The lowest BCUT2D eigenvalue weighted by atomic mass is 9.93. The van der Waals surface area contributed by atoms with E-state index in [9.17, 15) is 4.39 Å². The molecule has 0 amide bonds. The van der Waals surface area contributed by atoms with Crippen molar-refractivity contribution in [1.29, 1.82) is 0 Å². The van der Waals surface area contributed by atoms with Gasteiger partial charge in [0.1, 0.15) is 17.3 Å². The fraction of sp³-hybridized carbons (Fsp3) is 0.379. The van der Waals surface area contributed by atoms with Crippen molar-refractivity contribution >= 4 is 17.7 Å². The second-order valence-corrected chi connectivity index (χ2v) is 8.98. The maximum atomic E-state index is 14.6. The van der Waals surface area contributed by atoms with Crippen molar-refractivity contribution in [2.75, 3.05) is 27.2 Å².